The Bertz CT molecular complexity index is 1510. The molecule has 34 heavy (non-hydrogen) atoms. The molecule has 170 valence electrons. The highest BCUT2D eigenvalue weighted by molar-refractivity contribution is 6.10. The van der Waals surface area contributed by atoms with Gasteiger partial charge in [-0.05, 0) is 43.3 Å². The van der Waals surface area contributed by atoms with Crippen LogP contribution in [-0.2, 0) is 6.54 Å². The van der Waals surface area contributed by atoms with Crippen LogP contribution in [0.15, 0.2) is 66.7 Å². The largest absolute Gasteiger partial charge is 0.497 e. The van der Waals surface area contributed by atoms with Crippen LogP contribution in [0.5, 0.6) is 11.5 Å². The number of carbonyl (C=O) groups excluding carboxylic acids is 1. The fourth-order valence-corrected chi connectivity index (χ4v) is 3.99. The van der Waals surface area contributed by atoms with E-state index >= 15 is 0 Å². The Hall–Kier alpha value is -4.46. The molecule has 8 nitrogen and oxygen atoms in total. The summed E-state index contributed by atoms with van der Waals surface area (Å²) in [6.07, 6.45) is 0. The third-order valence-corrected chi connectivity index (χ3v) is 5.72. The minimum atomic E-state index is -0.0475. The smallest absolute Gasteiger partial charge is 0.204 e. The molecule has 0 aliphatic heterocycles. The summed E-state index contributed by atoms with van der Waals surface area (Å²) in [6, 6.07) is 20.3. The van der Waals surface area contributed by atoms with Crippen molar-refractivity contribution in [3.05, 3.63) is 89.2 Å². The van der Waals surface area contributed by atoms with Gasteiger partial charge in [-0.1, -0.05) is 30.3 Å². The van der Waals surface area contributed by atoms with Gasteiger partial charge in [0.05, 0.1) is 25.3 Å². The molecule has 3 aromatic carbocycles. The molecule has 0 radical (unpaired) electrons. The topological polar surface area (TPSA) is 90.6 Å². The van der Waals surface area contributed by atoms with E-state index in [0.29, 0.717) is 35.0 Å². The number of hydrogen-bond donors (Lipinski definition) is 1. The van der Waals surface area contributed by atoms with Crippen LogP contribution < -0.4 is 14.8 Å². The number of fused-ring (bicyclic) bond motifs is 3. The molecule has 0 atom stereocenters. The lowest BCUT2D eigenvalue weighted by Crippen LogP contribution is -2.07. The highest BCUT2D eigenvalue weighted by Crippen LogP contribution is 2.27. The summed E-state index contributed by atoms with van der Waals surface area (Å²) in [6.45, 7) is 2.32. The van der Waals surface area contributed by atoms with Gasteiger partial charge in [-0.3, -0.25) is 9.20 Å². The van der Waals surface area contributed by atoms with E-state index in [1.54, 1.807) is 20.3 Å². The molecule has 0 unspecified atom stereocenters. The minimum absolute atomic E-state index is 0.0475. The Morgan fingerprint density at radius 1 is 0.941 bits per heavy atom. The second kappa shape index (κ2) is 8.82. The first-order valence-corrected chi connectivity index (χ1v) is 10.8. The highest BCUT2D eigenvalue weighted by atomic mass is 16.5. The number of rotatable bonds is 7. The molecule has 5 rings (SSSR count). The number of methoxy groups -OCH3 is 2. The Kier molecular flexibility index (Phi) is 5.55. The van der Waals surface area contributed by atoms with Crippen LogP contribution in [0.1, 0.15) is 27.3 Å². The molecule has 2 aromatic heterocycles. The number of aromatic nitrogens is 4. The van der Waals surface area contributed by atoms with Crippen LogP contribution >= 0.6 is 0 Å². The summed E-state index contributed by atoms with van der Waals surface area (Å²) in [5, 5.41) is 12.0. The maximum Gasteiger partial charge on any atom is 0.204 e. The van der Waals surface area contributed by atoms with Gasteiger partial charge in [-0.15, -0.1) is 10.2 Å². The van der Waals surface area contributed by atoms with Crippen molar-refractivity contribution in [2.24, 2.45) is 0 Å². The van der Waals surface area contributed by atoms with Gasteiger partial charge < -0.3 is 14.8 Å². The monoisotopic (exact) mass is 453 g/mol. The van der Waals surface area contributed by atoms with Gasteiger partial charge in [-0.25, -0.2) is 4.98 Å². The lowest BCUT2D eigenvalue weighted by molar-refractivity contribution is 0.103. The predicted molar refractivity (Wildman–Crippen MR) is 130 cm³/mol. The van der Waals surface area contributed by atoms with E-state index in [1.165, 1.54) is 0 Å². The maximum absolute atomic E-state index is 13.0. The average molecular weight is 454 g/mol. The summed E-state index contributed by atoms with van der Waals surface area (Å²) in [4.78, 5) is 17.8. The molecular formula is C26H23N5O3. The van der Waals surface area contributed by atoms with Crippen molar-refractivity contribution in [1.82, 2.24) is 19.6 Å². The number of nitrogens with one attached hydrogen (secondary N) is 1. The van der Waals surface area contributed by atoms with E-state index in [9.17, 15) is 4.79 Å². The number of ketones is 1. The second-order valence-corrected chi connectivity index (χ2v) is 7.80. The number of ether oxygens (including phenoxy) is 2. The first kappa shape index (κ1) is 21.4. The van der Waals surface area contributed by atoms with Gasteiger partial charge in [-0.2, -0.15) is 0 Å². The standard InChI is InChI=1S/C26H23N5O3/c1-16-29-30-26-25(27-15-19-13-20(33-2)10-12-23(19)34-3)28-21-11-9-18(14-22(21)31(16)26)24(32)17-7-5-4-6-8-17/h4-14H,15H2,1-3H3,(H,27,28). The summed E-state index contributed by atoms with van der Waals surface area (Å²) in [5.41, 5.74) is 4.20. The zero-order valence-electron chi connectivity index (χ0n) is 19.1. The lowest BCUT2D eigenvalue weighted by atomic mass is 10.0. The number of hydrogen-bond acceptors (Lipinski definition) is 7. The van der Waals surface area contributed by atoms with Gasteiger partial charge in [0.25, 0.3) is 0 Å². The SMILES string of the molecule is COc1ccc(OC)c(CNc2nc3ccc(C(=O)c4ccccc4)cc3n3c(C)nnc23)c1. The molecule has 0 saturated carbocycles. The van der Waals surface area contributed by atoms with Crippen molar-refractivity contribution in [3.63, 3.8) is 0 Å². The van der Waals surface area contributed by atoms with Crippen molar-refractivity contribution in [1.29, 1.82) is 0 Å². The quantitative estimate of drug-likeness (QED) is 0.364. The van der Waals surface area contributed by atoms with E-state index in [2.05, 4.69) is 15.5 Å². The molecule has 0 aliphatic carbocycles. The molecule has 0 bridgehead atoms. The number of carbonyl (C=O) groups is 1. The van der Waals surface area contributed by atoms with Crippen molar-refractivity contribution in [2.45, 2.75) is 13.5 Å². The van der Waals surface area contributed by atoms with Crippen LogP contribution in [0.25, 0.3) is 16.7 Å². The molecule has 0 aliphatic rings. The maximum atomic E-state index is 13.0. The van der Waals surface area contributed by atoms with Crippen molar-refractivity contribution in [3.8, 4) is 11.5 Å². The van der Waals surface area contributed by atoms with Gasteiger partial charge in [0.15, 0.2) is 11.6 Å². The minimum Gasteiger partial charge on any atom is -0.497 e. The van der Waals surface area contributed by atoms with E-state index in [4.69, 9.17) is 14.5 Å². The fraction of sp³-hybridized carbons (Fsp3) is 0.154. The number of nitrogens with zero attached hydrogens (tertiary/aromatic N) is 4. The number of anilines is 1. The fourth-order valence-electron chi connectivity index (χ4n) is 3.99. The molecule has 0 amide bonds. The number of aryl methyl sites for hydroxylation is 1. The molecule has 2 heterocycles. The first-order valence-electron chi connectivity index (χ1n) is 10.8. The first-order chi connectivity index (χ1) is 16.6. The molecular weight excluding hydrogens is 430 g/mol. The molecule has 0 spiro atoms. The molecule has 5 aromatic rings. The van der Waals surface area contributed by atoms with Gasteiger partial charge in [0, 0.05) is 23.2 Å². The zero-order chi connectivity index (χ0) is 23.7. The van der Waals surface area contributed by atoms with Crippen molar-refractivity contribution >= 4 is 28.3 Å². The summed E-state index contributed by atoms with van der Waals surface area (Å²) < 4.78 is 12.7. The predicted octanol–water partition coefficient (Wildman–Crippen LogP) is 4.45. The van der Waals surface area contributed by atoms with Crippen LogP contribution in [0, 0.1) is 6.92 Å². The van der Waals surface area contributed by atoms with Gasteiger partial charge in [0.2, 0.25) is 5.65 Å². The van der Waals surface area contributed by atoms with Crippen molar-refractivity contribution < 1.29 is 14.3 Å². The van der Waals surface area contributed by atoms with E-state index in [0.717, 1.165) is 28.1 Å². The van der Waals surface area contributed by atoms with Crippen LogP contribution in [0.4, 0.5) is 5.82 Å². The molecule has 0 fully saturated rings. The van der Waals surface area contributed by atoms with E-state index in [-0.39, 0.29) is 5.78 Å². The third kappa shape index (κ3) is 3.79. The van der Waals surface area contributed by atoms with E-state index < -0.39 is 0 Å². The Balaban J connectivity index is 1.55. The van der Waals surface area contributed by atoms with Crippen molar-refractivity contribution in [2.75, 3.05) is 19.5 Å². The van der Waals surface area contributed by atoms with Crippen LogP contribution in [0.2, 0.25) is 0 Å². The average Bonchev–Trinajstić information content (AvgIpc) is 3.28. The van der Waals surface area contributed by atoms with Gasteiger partial charge >= 0.3 is 0 Å². The number of benzene rings is 3. The van der Waals surface area contributed by atoms with E-state index in [1.807, 2.05) is 72.0 Å². The summed E-state index contributed by atoms with van der Waals surface area (Å²) in [5.74, 6) is 2.72. The third-order valence-electron chi connectivity index (χ3n) is 5.72. The van der Waals surface area contributed by atoms with Gasteiger partial charge in [0.1, 0.15) is 17.3 Å². The Labute approximate surface area is 196 Å². The molecule has 8 heteroatoms. The Morgan fingerprint density at radius 2 is 1.76 bits per heavy atom. The Morgan fingerprint density at radius 3 is 2.53 bits per heavy atom. The molecule has 1 N–H and O–H groups in total. The second-order valence-electron chi connectivity index (χ2n) is 7.80. The van der Waals surface area contributed by atoms with Crippen LogP contribution in [0.3, 0.4) is 0 Å². The van der Waals surface area contributed by atoms with Crippen LogP contribution in [-0.4, -0.2) is 39.6 Å². The zero-order valence-corrected chi connectivity index (χ0v) is 19.1. The normalized spacial score (nSPS) is 11.0. The summed E-state index contributed by atoms with van der Waals surface area (Å²) >= 11 is 0. The highest BCUT2D eigenvalue weighted by Gasteiger charge is 2.16. The lowest BCUT2D eigenvalue weighted by Gasteiger charge is -2.13. The molecule has 0 saturated heterocycles. The summed E-state index contributed by atoms with van der Waals surface area (Å²) in [7, 11) is 3.26.